The first-order valence-electron chi connectivity index (χ1n) is 8.08. The van der Waals surface area contributed by atoms with E-state index in [0.717, 1.165) is 15.4 Å². The van der Waals surface area contributed by atoms with E-state index < -0.39 is 17.1 Å². The minimum atomic E-state index is -4.62. The zero-order valence-electron chi connectivity index (χ0n) is 14.6. The first-order valence-corrected chi connectivity index (χ1v) is 10.8. The summed E-state index contributed by atoms with van der Waals surface area (Å²) in [6.07, 6.45) is -4.62. The monoisotopic (exact) mass is 456 g/mol. The molecule has 3 heterocycles. The van der Waals surface area contributed by atoms with Crippen molar-refractivity contribution in [2.75, 3.05) is 5.32 Å². The number of carbonyl (C=O) groups is 1. The van der Waals surface area contributed by atoms with E-state index in [9.17, 15) is 18.0 Å². The van der Waals surface area contributed by atoms with Gasteiger partial charge in [0.25, 0.3) is 5.91 Å². The van der Waals surface area contributed by atoms with E-state index in [2.05, 4.69) is 20.5 Å². The summed E-state index contributed by atoms with van der Waals surface area (Å²) in [5, 5.41) is 10.1. The van der Waals surface area contributed by atoms with Gasteiger partial charge in [0.15, 0.2) is 5.76 Å². The van der Waals surface area contributed by atoms with Gasteiger partial charge in [-0.1, -0.05) is 41.3 Å². The molecule has 3 aromatic heterocycles. The van der Waals surface area contributed by atoms with E-state index in [1.54, 1.807) is 12.1 Å². The Labute approximate surface area is 174 Å². The van der Waals surface area contributed by atoms with Crippen LogP contribution in [0.2, 0.25) is 0 Å². The highest BCUT2D eigenvalue weighted by atomic mass is 32.2. The number of halogens is 3. The van der Waals surface area contributed by atoms with Gasteiger partial charge in [-0.05, 0) is 13.0 Å². The van der Waals surface area contributed by atoms with Crippen LogP contribution in [0, 0.1) is 6.92 Å². The Hall–Kier alpha value is -2.44. The van der Waals surface area contributed by atoms with Crippen molar-refractivity contribution in [3.05, 3.63) is 51.7 Å². The molecule has 0 fully saturated rings. The second-order valence-electron chi connectivity index (χ2n) is 5.81. The van der Waals surface area contributed by atoms with Gasteiger partial charge in [-0.25, -0.2) is 4.98 Å². The number of anilines is 1. The fourth-order valence-corrected chi connectivity index (χ4v) is 4.98. The summed E-state index contributed by atoms with van der Waals surface area (Å²) in [6.45, 7) is 1.89. The molecule has 150 valence electrons. The van der Waals surface area contributed by atoms with Crippen LogP contribution in [-0.4, -0.2) is 21.1 Å². The Balaban J connectivity index is 1.61. The highest BCUT2D eigenvalue weighted by molar-refractivity contribution is 8.00. The molecule has 0 aliphatic rings. The van der Waals surface area contributed by atoms with Crippen molar-refractivity contribution in [3.63, 3.8) is 0 Å². The van der Waals surface area contributed by atoms with E-state index in [1.165, 1.54) is 23.1 Å². The number of hydrogen-bond donors (Lipinski definition) is 1. The van der Waals surface area contributed by atoms with Gasteiger partial charge < -0.3 is 4.42 Å². The van der Waals surface area contributed by atoms with Crippen LogP contribution in [0.3, 0.4) is 0 Å². The lowest BCUT2D eigenvalue weighted by Gasteiger charge is -2.02. The molecule has 1 aromatic carbocycles. The molecule has 0 aliphatic heterocycles. The minimum Gasteiger partial charge on any atom is -0.451 e. The molecule has 6 nitrogen and oxygen atoms in total. The third kappa shape index (κ3) is 4.28. The number of rotatable bonds is 5. The molecule has 0 saturated carbocycles. The maximum Gasteiger partial charge on any atom is 0.445 e. The summed E-state index contributed by atoms with van der Waals surface area (Å²) in [6, 6.07) is 7.14. The number of hydrogen-bond acceptors (Lipinski definition) is 8. The molecule has 0 saturated heterocycles. The Morgan fingerprint density at radius 1 is 1.28 bits per heavy atom. The van der Waals surface area contributed by atoms with Gasteiger partial charge in [0.1, 0.15) is 9.92 Å². The van der Waals surface area contributed by atoms with E-state index in [0.29, 0.717) is 16.9 Å². The topological polar surface area (TPSA) is 80.9 Å². The fraction of sp³-hybridized carbons (Fsp3) is 0.176. The van der Waals surface area contributed by atoms with Crippen LogP contribution in [-0.2, 0) is 11.9 Å². The number of thioether (sulfide) groups is 1. The van der Waals surface area contributed by atoms with Crippen molar-refractivity contribution >= 4 is 56.4 Å². The molecule has 29 heavy (non-hydrogen) atoms. The zero-order valence-corrected chi connectivity index (χ0v) is 17.1. The Morgan fingerprint density at radius 3 is 2.76 bits per heavy atom. The number of furan rings is 1. The van der Waals surface area contributed by atoms with Crippen molar-refractivity contribution in [1.82, 2.24) is 15.2 Å². The largest absolute Gasteiger partial charge is 0.451 e. The summed E-state index contributed by atoms with van der Waals surface area (Å²) in [7, 11) is 0. The first-order chi connectivity index (χ1) is 13.8. The second kappa shape index (κ2) is 7.76. The number of fused-ring (bicyclic) bond motifs is 1. The maximum atomic E-state index is 12.7. The van der Waals surface area contributed by atoms with Crippen LogP contribution >= 0.6 is 34.4 Å². The zero-order chi connectivity index (χ0) is 20.6. The van der Waals surface area contributed by atoms with Crippen LogP contribution in [0.4, 0.5) is 18.3 Å². The van der Waals surface area contributed by atoms with Crippen LogP contribution < -0.4 is 5.32 Å². The van der Waals surface area contributed by atoms with Crippen LogP contribution in [0.15, 0.2) is 38.4 Å². The van der Waals surface area contributed by atoms with Gasteiger partial charge >= 0.3 is 6.18 Å². The number of para-hydroxylation sites is 1. The van der Waals surface area contributed by atoms with Gasteiger partial charge in [-0.2, -0.15) is 13.2 Å². The van der Waals surface area contributed by atoms with Crippen molar-refractivity contribution in [2.45, 2.75) is 23.2 Å². The number of benzene rings is 1. The van der Waals surface area contributed by atoms with Crippen molar-refractivity contribution in [2.24, 2.45) is 0 Å². The molecule has 0 aliphatic carbocycles. The average Bonchev–Trinajstić information content (AvgIpc) is 3.38. The minimum absolute atomic E-state index is 0.0238. The SMILES string of the molecule is Cc1csc(SCc2c(C(=O)Nc3nnc(C(F)(F)F)s3)oc3ccccc23)n1. The number of thiazole rings is 1. The van der Waals surface area contributed by atoms with Crippen molar-refractivity contribution < 1.29 is 22.4 Å². The van der Waals surface area contributed by atoms with Crippen molar-refractivity contribution in [3.8, 4) is 0 Å². The predicted octanol–water partition coefficient (Wildman–Crippen LogP) is 5.61. The third-order valence-electron chi connectivity index (χ3n) is 3.73. The van der Waals surface area contributed by atoms with Gasteiger partial charge in [0.2, 0.25) is 10.1 Å². The molecular weight excluding hydrogens is 445 g/mol. The number of alkyl halides is 3. The Morgan fingerprint density at radius 2 is 2.07 bits per heavy atom. The molecule has 0 bridgehead atoms. The maximum absolute atomic E-state index is 12.7. The van der Waals surface area contributed by atoms with Crippen molar-refractivity contribution in [1.29, 1.82) is 0 Å². The molecule has 12 heteroatoms. The molecule has 0 spiro atoms. The Kier molecular flexibility index (Phi) is 5.32. The summed E-state index contributed by atoms with van der Waals surface area (Å²) < 4.78 is 44.6. The summed E-state index contributed by atoms with van der Waals surface area (Å²) in [4.78, 5) is 17.1. The first kappa shape index (κ1) is 19.9. The smallest absolute Gasteiger partial charge is 0.445 e. The number of aromatic nitrogens is 3. The van der Waals surface area contributed by atoms with E-state index in [1.807, 2.05) is 24.4 Å². The van der Waals surface area contributed by atoms with E-state index in [4.69, 9.17) is 4.42 Å². The molecular formula is C17H11F3N4O2S3. The molecule has 0 radical (unpaired) electrons. The van der Waals surface area contributed by atoms with Crippen LogP contribution in [0.1, 0.15) is 26.8 Å². The number of amides is 1. The highest BCUT2D eigenvalue weighted by Gasteiger charge is 2.36. The number of nitrogens with zero attached hydrogens (tertiary/aromatic N) is 3. The highest BCUT2D eigenvalue weighted by Crippen LogP contribution is 2.35. The van der Waals surface area contributed by atoms with Crippen LogP contribution in [0.5, 0.6) is 0 Å². The number of aryl methyl sites for hydroxylation is 1. The van der Waals surface area contributed by atoms with E-state index in [-0.39, 0.29) is 22.2 Å². The lowest BCUT2D eigenvalue weighted by atomic mass is 10.1. The van der Waals surface area contributed by atoms with E-state index >= 15 is 0 Å². The summed E-state index contributed by atoms with van der Waals surface area (Å²) in [5.41, 5.74) is 2.05. The number of nitrogens with one attached hydrogen (secondary N) is 1. The number of carbonyl (C=O) groups excluding carboxylic acids is 1. The predicted molar refractivity (Wildman–Crippen MR) is 105 cm³/mol. The Bertz CT molecular complexity index is 1180. The lowest BCUT2D eigenvalue weighted by molar-refractivity contribution is -0.138. The normalized spacial score (nSPS) is 11.9. The van der Waals surface area contributed by atoms with Gasteiger partial charge in [0, 0.05) is 27.8 Å². The van der Waals surface area contributed by atoms with Crippen LogP contribution in [0.25, 0.3) is 11.0 Å². The molecule has 1 N–H and O–H groups in total. The fourth-order valence-electron chi connectivity index (χ4n) is 2.50. The quantitative estimate of drug-likeness (QED) is 0.393. The molecule has 1 amide bonds. The second-order valence-corrected chi connectivity index (χ2v) is 8.87. The molecule has 0 unspecified atom stereocenters. The van der Waals surface area contributed by atoms with Gasteiger partial charge in [-0.3, -0.25) is 10.1 Å². The van der Waals surface area contributed by atoms with Gasteiger partial charge in [-0.15, -0.1) is 21.5 Å². The summed E-state index contributed by atoms with van der Waals surface area (Å²) in [5.74, 6) is -0.246. The lowest BCUT2D eigenvalue weighted by Crippen LogP contribution is -2.12. The average molecular weight is 456 g/mol. The molecule has 4 rings (SSSR count). The third-order valence-corrected chi connectivity index (χ3v) is 6.78. The summed E-state index contributed by atoms with van der Waals surface area (Å²) >= 11 is 3.20. The standard InChI is InChI=1S/C17H11F3N4O2S3/c1-8-6-27-16(21-8)28-7-10-9-4-2-3-5-11(9)26-12(10)13(25)22-15-24-23-14(29-15)17(18,19)20/h2-6H,7H2,1H3,(H,22,24,25). The molecule has 4 aromatic rings. The van der Waals surface area contributed by atoms with Gasteiger partial charge in [0.05, 0.1) is 0 Å². The molecule has 0 atom stereocenters.